The summed E-state index contributed by atoms with van der Waals surface area (Å²) in [6.07, 6.45) is 70.9. The summed E-state index contributed by atoms with van der Waals surface area (Å²) in [5, 5.41) is 10.7. The van der Waals surface area contributed by atoms with E-state index in [4.69, 9.17) is 37.0 Å². The zero-order valence-corrected chi connectivity index (χ0v) is 71.5. The summed E-state index contributed by atoms with van der Waals surface area (Å²) in [6.45, 7) is 9.67. The number of esters is 4. The monoisotopic (exact) mass is 1550 g/mol. The number of aliphatic hydroxyl groups excluding tert-OH is 1. The van der Waals surface area contributed by atoms with E-state index in [1.807, 2.05) is 0 Å². The van der Waals surface area contributed by atoms with Crippen molar-refractivity contribution in [2.24, 2.45) is 11.8 Å². The number of carbonyl (C=O) groups is 4. The van der Waals surface area contributed by atoms with Crippen molar-refractivity contribution in [1.82, 2.24) is 0 Å². The number of phosphoric ester groups is 2. The van der Waals surface area contributed by atoms with Gasteiger partial charge in [0.15, 0.2) is 12.2 Å². The Balaban J connectivity index is 5.23. The van der Waals surface area contributed by atoms with Crippen LogP contribution in [0.5, 0.6) is 0 Å². The molecule has 19 heteroatoms. The molecule has 3 N–H and O–H groups in total. The van der Waals surface area contributed by atoms with E-state index in [1.54, 1.807) is 0 Å². The van der Waals surface area contributed by atoms with Crippen LogP contribution in [0.3, 0.4) is 0 Å². The Bertz CT molecular complexity index is 2030. The number of phosphoric acid groups is 2. The second kappa shape index (κ2) is 78.3. The van der Waals surface area contributed by atoms with Gasteiger partial charge in [0.05, 0.1) is 26.4 Å². The van der Waals surface area contributed by atoms with Gasteiger partial charge in [0, 0.05) is 25.7 Å². The predicted molar refractivity (Wildman–Crippen MR) is 437 cm³/mol. The van der Waals surface area contributed by atoms with Crippen LogP contribution in [0.1, 0.15) is 465 Å². The van der Waals surface area contributed by atoms with Crippen LogP contribution in [-0.4, -0.2) is 96.7 Å². The first-order chi connectivity index (χ1) is 51.4. The van der Waals surface area contributed by atoms with Gasteiger partial charge in [-0.05, 0) is 37.5 Å². The van der Waals surface area contributed by atoms with Gasteiger partial charge in [-0.25, -0.2) is 9.13 Å². The normalized spacial score (nSPS) is 13.8. The number of carbonyl (C=O) groups excluding carboxylic acids is 4. The number of hydrogen-bond acceptors (Lipinski definition) is 15. The van der Waals surface area contributed by atoms with Crippen LogP contribution in [0, 0.1) is 11.8 Å². The van der Waals surface area contributed by atoms with Crippen molar-refractivity contribution in [1.29, 1.82) is 0 Å². The molecule has 5 atom stereocenters. The summed E-state index contributed by atoms with van der Waals surface area (Å²) in [7, 11) is -9.93. The van der Waals surface area contributed by atoms with E-state index in [0.717, 1.165) is 102 Å². The molecule has 0 aliphatic rings. The molecule has 0 saturated carbocycles. The van der Waals surface area contributed by atoms with Gasteiger partial charge in [-0.1, -0.05) is 414 Å². The third-order valence-electron chi connectivity index (χ3n) is 20.5. The topological polar surface area (TPSA) is 237 Å². The maximum atomic E-state index is 13.2. The first-order valence-corrected chi connectivity index (χ1v) is 48.0. The summed E-state index contributed by atoms with van der Waals surface area (Å²) < 4.78 is 68.9. The van der Waals surface area contributed by atoms with Gasteiger partial charge >= 0.3 is 39.5 Å². The Morgan fingerprint density at radius 3 is 0.642 bits per heavy atom. The van der Waals surface area contributed by atoms with Crippen molar-refractivity contribution in [3.8, 4) is 0 Å². The minimum absolute atomic E-state index is 0.108. The number of rotatable bonds is 86. The van der Waals surface area contributed by atoms with Crippen LogP contribution in [-0.2, 0) is 65.4 Å². The highest BCUT2D eigenvalue weighted by Gasteiger charge is 2.30. The van der Waals surface area contributed by atoms with Gasteiger partial charge in [-0.2, -0.15) is 0 Å². The van der Waals surface area contributed by atoms with Crippen molar-refractivity contribution in [2.75, 3.05) is 39.6 Å². The highest BCUT2D eigenvalue weighted by atomic mass is 31.2. The summed E-state index contributed by atoms with van der Waals surface area (Å²) in [5.41, 5.74) is 0. The Labute approximate surface area is 651 Å². The molecule has 0 radical (unpaired) electrons. The van der Waals surface area contributed by atoms with E-state index >= 15 is 0 Å². The van der Waals surface area contributed by atoms with Crippen molar-refractivity contribution in [3.63, 3.8) is 0 Å². The van der Waals surface area contributed by atoms with Gasteiger partial charge in [0.25, 0.3) is 0 Å². The Morgan fingerprint density at radius 2 is 0.434 bits per heavy atom. The highest BCUT2D eigenvalue weighted by Crippen LogP contribution is 2.45. The fraction of sp³-hybridized carbons (Fsp3) is 0.954. The molecule has 0 bridgehead atoms. The molecule has 0 aliphatic carbocycles. The molecule has 0 aromatic carbocycles. The lowest BCUT2D eigenvalue weighted by atomic mass is 10.0. The molecule has 0 aliphatic heterocycles. The first kappa shape index (κ1) is 104. The Hall–Kier alpha value is -1.94. The van der Waals surface area contributed by atoms with Gasteiger partial charge in [0.1, 0.15) is 19.3 Å². The van der Waals surface area contributed by atoms with Crippen molar-refractivity contribution >= 4 is 39.5 Å². The average Bonchev–Trinajstić information content (AvgIpc) is 0.905. The molecule has 106 heavy (non-hydrogen) atoms. The van der Waals surface area contributed by atoms with Crippen LogP contribution in [0.2, 0.25) is 0 Å². The van der Waals surface area contributed by atoms with E-state index in [1.165, 1.54) is 283 Å². The molecule has 0 rings (SSSR count). The van der Waals surface area contributed by atoms with Gasteiger partial charge in [-0.3, -0.25) is 37.3 Å². The largest absolute Gasteiger partial charge is 0.472 e. The summed E-state index contributed by atoms with van der Waals surface area (Å²) >= 11 is 0. The Kier molecular flexibility index (Phi) is 76.9. The molecule has 0 heterocycles. The summed E-state index contributed by atoms with van der Waals surface area (Å²) in [5.74, 6) is -0.569. The number of unbranched alkanes of at least 4 members (excludes halogenated alkanes) is 56. The van der Waals surface area contributed by atoms with Crippen LogP contribution in [0.4, 0.5) is 0 Å². The summed E-state index contributed by atoms with van der Waals surface area (Å²) in [4.78, 5) is 73.2. The average molecular weight is 1550 g/mol. The molecule has 2 unspecified atom stereocenters. The SMILES string of the molecule is CCCCCCCCCCCCCCCCCCCCCCCCC(=O)O[C@H](COC(=O)CCCCCCCCCCCCCCCCCC(C)C)COP(=O)(O)OC[C@@H](O)COP(=O)(O)OC[C@@H](COC(=O)CCCCCCCCCCC(C)C)OC(=O)CCCCCCCCCCCCCCCCC. The van der Waals surface area contributed by atoms with Gasteiger partial charge in [0.2, 0.25) is 0 Å². The fourth-order valence-electron chi connectivity index (χ4n) is 13.6. The molecule has 17 nitrogen and oxygen atoms in total. The van der Waals surface area contributed by atoms with Crippen molar-refractivity contribution < 1.29 is 80.2 Å². The lowest BCUT2D eigenvalue weighted by Crippen LogP contribution is -2.30. The molecular formula is C87H170O17P2. The maximum Gasteiger partial charge on any atom is 0.472 e. The number of aliphatic hydroxyl groups is 1. The maximum absolute atomic E-state index is 13.2. The third-order valence-corrected chi connectivity index (χ3v) is 22.4. The minimum atomic E-state index is -4.97. The van der Waals surface area contributed by atoms with Crippen molar-refractivity contribution in [3.05, 3.63) is 0 Å². The zero-order valence-electron chi connectivity index (χ0n) is 69.7. The molecule has 630 valence electrons. The molecule has 0 aromatic heterocycles. The first-order valence-electron chi connectivity index (χ1n) is 45.0. The second-order valence-electron chi connectivity index (χ2n) is 32.2. The Morgan fingerprint density at radius 1 is 0.255 bits per heavy atom. The fourth-order valence-corrected chi connectivity index (χ4v) is 15.2. The molecule has 0 spiro atoms. The van der Waals surface area contributed by atoms with Crippen LogP contribution in [0.15, 0.2) is 0 Å². The van der Waals surface area contributed by atoms with Gasteiger partial charge < -0.3 is 33.8 Å². The molecule has 0 saturated heterocycles. The molecular weight excluding hydrogens is 1380 g/mol. The molecule has 0 amide bonds. The molecule has 0 aromatic rings. The lowest BCUT2D eigenvalue weighted by molar-refractivity contribution is -0.161. The number of hydrogen-bond donors (Lipinski definition) is 3. The highest BCUT2D eigenvalue weighted by molar-refractivity contribution is 7.47. The van der Waals surface area contributed by atoms with E-state index in [2.05, 4.69) is 41.5 Å². The van der Waals surface area contributed by atoms with Crippen LogP contribution in [0.25, 0.3) is 0 Å². The minimum Gasteiger partial charge on any atom is -0.462 e. The summed E-state index contributed by atoms with van der Waals surface area (Å²) in [6, 6.07) is 0. The van der Waals surface area contributed by atoms with Crippen LogP contribution < -0.4 is 0 Å². The predicted octanol–water partition coefficient (Wildman–Crippen LogP) is 26.6. The van der Waals surface area contributed by atoms with Crippen molar-refractivity contribution in [2.45, 2.75) is 484 Å². The van der Waals surface area contributed by atoms with E-state index in [9.17, 15) is 43.2 Å². The smallest absolute Gasteiger partial charge is 0.462 e. The van der Waals surface area contributed by atoms with E-state index < -0.39 is 97.5 Å². The standard InChI is InChI=1S/C87H170O17P2/c1-7-9-11-13-15-17-19-21-23-24-25-26-27-28-29-33-38-42-46-54-60-66-72-86(91)103-82(75-97-84(89)69-63-57-51-44-40-36-34-30-32-35-39-43-49-55-61-67-79(3)4)77-101-105(93,94)99-73-81(88)74-100-106(95,96)102-78-83(76-98-85(90)70-64-58-52-48-47-50-56-62-68-80(5)6)104-87(92)71-65-59-53-45-41-37-31-22-20-18-16-14-12-10-8-2/h79-83,88H,7-78H2,1-6H3,(H,93,94)(H,95,96)/t81-,82-,83-/m1/s1. The third kappa shape index (κ3) is 80.1. The number of ether oxygens (including phenoxy) is 4. The van der Waals surface area contributed by atoms with E-state index in [-0.39, 0.29) is 25.7 Å². The second-order valence-corrected chi connectivity index (χ2v) is 35.1. The molecule has 0 fully saturated rings. The lowest BCUT2D eigenvalue weighted by Gasteiger charge is -2.21. The quantitative estimate of drug-likeness (QED) is 0.0222. The van der Waals surface area contributed by atoms with Crippen LogP contribution >= 0.6 is 15.6 Å². The van der Waals surface area contributed by atoms with E-state index in [0.29, 0.717) is 25.7 Å². The van der Waals surface area contributed by atoms with Gasteiger partial charge in [-0.15, -0.1) is 0 Å². The zero-order chi connectivity index (χ0) is 77.8.